The number of nitrogens with zero attached hydrogens (tertiary/aromatic N) is 1. The van der Waals surface area contributed by atoms with E-state index < -0.39 is 0 Å². The fourth-order valence-electron chi connectivity index (χ4n) is 2.27. The number of carbonyl (C=O) groups excluding carboxylic acids is 1. The average molecular weight is 231 g/mol. The molecule has 3 nitrogen and oxygen atoms in total. The number of fused-ring (bicyclic) bond motifs is 1. The largest absolute Gasteiger partial charge is 0.395 e. The zero-order valence-corrected chi connectivity index (χ0v) is 9.80. The van der Waals surface area contributed by atoms with Crippen molar-refractivity contribution in [1.82, 2.24) is 4.90 Å². The van der Waals surface area contributed by atoms with Crippen LogP contribution in [0.25, 0.3) is 0 Å². The van der Waals surface area contributed by atoms with E-state index in [9.17, 15) is 4.79 Å². The smallest absolute Gasteiger partial charge is 0.230 e. The predicted octanol–water partition coefficient (Wildman–Crippen LogP) is 1.33. The second kappa shape index (κ2) is 5.15. The van der Waals surface area contributed by atoms with Crippen LogP contribution < -0.4 is 0 Å². The van der Waals surface area contributed by atoms with Gasteiger partial charge in [-0.2, -0.15) is 0 Å². The Kier molecular flexibility index (Phi) is 3.59. The molecule has 1 aromatic rings. The van der Waals surface area contributed by atoms with Crippen molar-refractivity contribution < 1.29 is 9.90 Å². The summed E-state index contributed by atoms with van der Waals surface area (Å²) >= 11 is 0. The fraction of sp³-hybridized carbons (Fsp3) is 0.357. The van der Waals surface area contributed by atoms with E-state index in [-0.39, 0.29) is 18.4 Å². The maximum absolute atomic E-state index is 12.2. The van der Waals surface area contributed by atoms with Crippen molar-refractivity contribution in [3.8, 4) is 0 Å². The molecule has 1 amide bonds. The third kappa shape index (κ3) is 2.24. The molecule has 1 atom stereocenters. The lowest BCUT2D eigenvalue weighted by Gasteiger charge is -2.33. The molecule has 1 N–H and O–H groups in total. The van der Waals surface area contributed by atoms with Crippen LogP contribution in [0.1, 0.15) is 17.0 Å². The highest BCUT2D eigenvalue weighted by Gasteiger charge is 2.33. The summed E-state index contributed by atoms with van der Waals surface area (Å²) in [5, 5.41) is 8.95. The van der Waals surface area contributed by atoms with Crippen LogP contribution in [0.15, 0.2) is 36.9 Å². The number of hydrogen-bond donors (Lipinski definition) is 1. The number of carbonyl (C=O) groups is 1. The summed E-state index contributed by atoms with van der Waals surface area (Å²) in [7, 11) is 0. The third-order valence-electron chi connectivity index (χ3n) is 3.18. The zero-order valence-electron chi connectivity index (χ0n) is 9.80. The minimum atomic E-state index is -0.0299. The van der Waals surface area contributed by atoms with E-state index in [4.69, 9.17) is 5.11 Å². The van der Waals surface area contributed by atoms with Gasteiger partial charge in [-0.1, -0.05) is 30.3 Å². The minimum absolute atomic E-state index is 0.00601. The SMILES string of the molecule is C=CCN(CCO)C(=O)C1Cc2ccccc21. The highest BCUT2D eigenvalue weighted by Crippen LogP contribution is 2.36. The molecule has 1 unspecified atom stereocenters. The number of rotatable bonds is 5. The normalized spacial score (nSPS) is 16.9. The van der Waals surface area contributed by atoms with E-state index in [1.54, 1.807) is 11.0 Å². The molecule has 3 heteroatoms. The molecular formula is C14H17NO2. The summed E-state index contributed by atoms with van der Waals surface area (Å²) in [5.41, 5.74) is 2.39. The van der Waals surface area contributed by atoms with Crippen LogP contribution in [0.4, 0.5) is 0 Å². The number of aliphatic hydroxyl groups is 1. The Balaban J connectivity index is 2.09. The van der Waals surface area contributed by atoms with Crippen molar-refractivity contribution in [3.63, 3.8) is 0 Å². The summed E-state index contributed by atoms with van der Waals surface area (Å²) in [6.07, 6.45) is 2.51. The van der Waals surface area contributed by atoms with Crippen molar-refractivity contribution in [1.29, 1.82) is 0 Å². The minimum Gasteiger partial charge on any atom is -0.395 e. The van der Waals surface area contributed by atoms with Crippen LogP contribution in [0.3, 0.4) is 0 Å². The summed E-state index contributed by atoms with van der Waals surface area (Å²) in [5.74, 6) is 0.0651. The van der Waals surface area contributed by atoms with Gasteiger partial charge in [0.25, 0.3) is 0 Å². The molecule has 0 bridgehead atoms. The Morgan fingerprint density at radius 1 is 1.53 bits per heavy atom. The average Bonchev–Trinajstić information content (AvgIpc) is 2.30. The molecule has 1 aliphatic carbocycles. The van der Waals surface area contributed by atoms with Gasteiger partial charge in [-0.15, -0.1) is 6.58 Å². The summed E-state index contributed by atoms with van der Waals surface area (Å²) in [6.45, 7) is 4.51. The van der Waals surface area contributed by atoms with Gasteiger partial charge < -0.3 is 10.0 Å². The van der Waals surface area contributed by atoms with Crippen LogP contribution in [0.2, 0.25) is 0 Å². The Hall–Kier alpha value is -1.61. The molecule has 0 aliphatic heterocycles. The van der Waals surface area contributed by atoms with Gasteiger partial charge in [-0.25, -0.2) is 0 Å². The molecule has 0 radical (unpaired) electrons. The molecule has 0 fully saturated rings. The summed E-state index contributed by atoms with van der Waals surface area (Å²) < 4.78 is 0. The van der Waals surface area contributed by atoms with Crippen LogP contribution in [0.5, 0.6) is 0 Å². The van der Waals surface area contributed by atoms with Crippen molar-refractivity contribution in [2.45, 2.75) is 12.3 Å². The van der Waals surface area contributed by atoms with Crippen molar-refractivity contribution in [2.24, 2.45) is 0 Å². The van der Waals surface area contributed by atoms with Crippen molar-refractivity contribution >= 4 is 5.91 Å². The van der Waals surface area contributed by atoms with E-state index in [1.807, 2.05) is 18.2 Å². The molecule has 1 aromatic carbocycles. The molecule has 17 heavy (non-hydrogen) atoms. The molecule has 0 heterocycles. The van der Waals surface area contributed by atoms with Gasteiger partial charge in [-0.3, -0.25) is 4.79 Å². The maximum Gasteiger partial charge on any atom is 0.230 e. The molecule has 0 spiro atoms. The Labute approximate surface area is 101 Å². The molecule has 0 saturated carbocycles. The van der Waals surface area contributed by atoms with E-state index in [1.165, 1.54) is 5.56 Å². The number of hydrogen-bond acceptors (Lipinski definition) is 2. The van der Waals surface area contributed by atoms with Gasteiger partial charge in [0.15, 0.2) is 0 Å². The maximum atomic E-state index is 12.2. The molecular weight excluding hydrogens is 214 g/mol. The predicted molar refractivity (Wildman–Crippen MR) is 66.7 cm³/mol. The van der Waals surface area contributed by atoms with Gasteiger partial charge in [0, 0.05) is 13.1 Å². The first-order valence-corrected chi connectivity index (χ1v) is 5.86. The molecule has 1 aliphatic rings. The van der Waals surface area contributed by atoms with Crippen molar-refractivity contribution in [3.05, 3.63) is 48.0 Å². The first kappa shape index (κ1) is 11.9. The molecule has 2 rings (SSSR count). The lowest BCUT2D eigenvalue weighted by atomic mass is 9.77. The highest BCUT2D eigenvalue weighted by molar-refractivity contribution is 5.87. The second-order valence-electron chi connectivity index (χ2n) is 4.25. The van der Waals surface area contributed by atoms with Crippen LogP contribution >= 0.6 is 0 Å². The van der Waals surface area contributed by atoms with E-state index in [0.717, 1.165) is 12.0 Å². The van der Waals surface area contributed by atoms with E-state index in [0.29, 0.717) is 13.1 Å². The Bertz CT molecular complexity index is 428. The Morgan fingerprint density at radius 3 is 2.94 bits per heavy atom. The van der Waals surface area contributed by atoms with Gasteiger partial charge >= 0.3 is 0 Å². The number of benzene rings is 1. The number of aliphatic hydroxyl groups excluding tert-OH is 1. The van der Waals surface area contributed by atoms with E-state index >= 15 is 0 Å². The first-order chi connectivity index (χ1) is 8.27. The Morgan fingerprint density at radius 2 is 2.29 bits per heavy atom. The topological polar surface area (TPSA) is 40.5 Å². The second-order valence-corrected chi connectivity index (χ2v) is 4.25. The number of amides is 1. The van der Waals surface area contributed by atoms with Crippen molar-refractivity contribution in [2.75, 3.05) is 19.7 Å². The lowest BCUT2D eigenvalue weighted by molar-refractivity contribution is -0.133. The standard InChI is InChI=1S/C14H17NO2/c1-2-7-15(8-9-16)14(17)13-10-11-5-3-4-6-12(11)13/h2-6,13,16H,1,7-10H2. The lowest BCUT2D eigenvalue weighted by Crippen LogP contribution is -2.40. The summed E-state index contributed by atoms with van der Waals surface area (Å²) in [6, 6.07) is 8.02. The van der Waals surface area contributed by atoms with Gasteiger partial charge in [-0.05, 0) is 17.5 Å². The van der Waals surface area contributed by atoms with Gasteiger partial charge in [0.1, 0.15) is 0 Å². The highest BCUT2D eigenvalue weighted by atomic mass is 16.3. The van der Waals surface area contributed by atoms with Crippen LogP contribution in [0, 0.1) is 0 Å². The molecule has 90 valence electrons. The van der Waals surface area contributed by atoms with Crippen LogP contribution in [-0.2, 0) is 11.2 Å². The van der Waals surface area contributed by atoms with E-state index in [2.05, 4.69) is 12.6 Å². The quantitative estimate of drug-likeness (QED) is 0.777. The first-order valence-electron chi connectivity index (χ1n) is 5.86. The van der Waals surface area contributed by atoms with Gasteiger partial charge in [0.05, 0.1) is 12.5 Å². The van der Waals surface area contributed by atoms with Crippen LogP contribution in [-0.4, -0.2) is 35.6 Å². The molecule has 0 aromatic heterocycles. The molecule has 0 saturated heterocycles. The van der Waals surface area contributed by atoms with Gasteiger partial charge in [0.2, 0.25) is 5.91 Å². The fourth-order valence-corrected chi connectivity index (χ4v) is 2.27. The monoisotopic (exact) mass is 231 g/mol. The zero-order chi connectivity index (χ0) is 12.3. The third-order valence-corrected chi connectivity index (χ3v) is 3.18. The summed E-state index contributed by atoms with van der Waals surface area (Å²) in [4.78, 5) is 13.9.